The van der Waals surface area contributed by atoms with Crippen LogP contribution in [0.4, 0.5) is 11.5 Å². The predicted octanol–water partition coefficient (Wildman–Crippen LogP) is 5.58. The molecular formula is C20H19N3. The van der Waals surface area contributed by atoms with Crippen LogP contribution in [-0.4, -0.2) is 9.97 Å². The number of aromatic amines is 1. The highest BCUT2D eigenvalue weighted by Crippen LogP contribution is 2.24. The monoisotopic (exact) mass is 301 g/mol. The van der Waals surface area contributed by atoms with Crippen molar-refractivity contribution in [1.29, 1.82) is 0 Å². The third kappa shape index (κ3) is 2.66. The fourth-order valence-electron chi connectivity index (χ4n) is 2.85. The molecule has 114 valence electrons. The van der Waals surface area contributed by atoms with Gasteiger partial charge < -0.3 is 10.3 Å². The van der Waals surface area contributed by atoms with Crippen LogP contribution in [0.2, 0.25) is 0 Å². The summed E-state index contributed by atoms with van der Waals surface area (Å²) in [6.45, 7) is 4.42. The van der Waals surface area contributed by atoms with E-state index in [4.69, 9.17) is 4.98 Å². The number of fused-ring (bicyclic) bond motifs is 2. The highest BCUT2D eigenvalue weighted by atomic mass is 15.0. The molecule has 0 aliphatic heterocycles. The first-order valence-electron chi connectivity index (χ1n) is 7.94. The molecule has 3 heteroatoms. The third-order valence-corrected chi connectivity index (χ3v) is 4.21. The second kappa shape index (κ2) is 5.43. The lowest BCUT2D eigenvalue weighted by Crippen LogP contribution is -1.94. The Morgan fingerprint density at radius 2 is 1.83 bits per heavy atom. The average Bonchev–Trinajstić information content (AvgIpc) is 3.02. The number of hydrogen-bond donors (Lipinski definition) is 2. The molecule has 2 aromatic carbocycles. The third-order valence-electron chi connectivity index (χ3n) is 4.21. The van der Waals surface area contributed by atoms with Gasteiger partial charge in [0, 0.05) is 28.2 Å². The van der Waals surface area contributed by atoms with Gasteiger partial charge in [-0.2, -0.15) is 0 Å². The largest absolute Gasteiger partial charge is 0.361 e. The molecular weight excluding hydrogens is 282 g/mol. The second-order valence-corrected chi connectivity index (χ2v) is 6.21. The van der Waals surface area contributed by atoms with Gasteiger partial charge in [-0.1, -0.05) is 19.9 Å². The molecule has 2 aromatic heterocycles. The zero-order valence-electron chi connectivity index (χ0n) is 13.3. The molecule has 0 aliphatic carbocycles. The number of nitrogens with one attached hydrogen (secondary N) is 2. The van der Waals surface area contributed by atoms with Crippen molar-refractivity contribution in [3.8, 4) is 0 Å². The van der Waals surface area contributed by atoms with E-state index in [1.54, 1.807) is 0 Å². The highest BCUT2D eigenvalue weighted by Gasteiger charge is 2.04. The molecule has 4 aromatic rings. The van der Waals surface area contributed by atoms with Gasteiger partial charge in [-0.05, 0) is 60.0 Å². The Morgan fingerprint density at radius 3 is 2.70 bits per heavy atom. The van der Waals surface area contributed by atoms with Gasteiger partial charge in [0.1, 0.15) is 5.82 Å². The molecule has 4 rings (SSSR count). The molecule has 2 heterocycles. The molecule has 0 radical (unpaired) electrons. The van der Waals surface area contributed by atoms with Gasteiger partial charge in [0.15, 0.2) is 0 Å². The number of benzene rings is 2. The molecule has 0 saturated heterocycles. The zero-order valence-corrected chi connectivity index (χ0v) is 13.3. The minimum atomic E-state index is 0.533. The zero-order chi connectivity index (χ0) is 15.8. The van der Waals surface area contributed by atoms with Crippen molar-refractivity contribution in [2.75, 3.05) is 5.32 Å². The van der Waals surface area contributed by atoms with Crippen LogP contribution in [0.15, 0.2) is 60.8 Å². The Hall–Kier alpha value is -2.81. The first-order valence-corrected chi connectivity index (χ1v) is 7.94. The molecule has 2 N–H and O–H groups in total. The van der Waals surface area contributed by atoms with Gasteiger partial charge >= 0.3 is 0 Å². The maximum atomic E-state index is 4.72. The van der Waals surface area contributed by atoms with E-state index in [2.05, 4.69) is 72.7 Å². The maximum Gasteiger partial charge on any atom is 0.131 e. The summed E-state index contributed by atoms with van der Waals surface area (Å²) in [5, 5.41) is 5.77. The van der Waals surface area contributed by atoms with Crippen molar-refractivity contribution in [2.45, 2.75) is 19.8 Å². The smallest absolute Gasteiger partial charge is 0.131 e. The second-order valence-electron chi connectivity index (χ2n) is 6.21. The minimum Gasteiger partial charge on any atom is -0.361 e. The quantitative estimate of drug-likeness (QED) is 0.518. The summed E-state index contributed by atoms with van der Waals surface area (Å²) in [6.07, 6.45) is 1.95. The van der Waals surface area contributed by atoms with E-state index in [1.165, 1.54) is 16.3 Å². The average molecular weight is 301 g/mol. The molecule has 0 atom stereocenters. The number of pyridine rings is 1. The maximum absolute atomic E-state index is 4.72. The van der Waals surface area contributed by atoms with Crippen molar-refractivity contribution in [2.24, 2.45) is 0 Å². The Labute approximate surface area is 135 Å². The molecule has 0 spiro atoms. The SMILES string of the molecule is CC(C)c1ccc2nc(Nc3ccc4[nH]ccc4c3)ccc2c1. The summed E-state index contributed by atoms with van der Waals surface area (Å²) < 4.78 is 0. The predicted molar refractivity (Wildman–Crippen MR) is 97.4 cm³/mol. The van der Waals surface area contributed by atoms with Crippen molar-refractivity contribution >= 4 is 33.3 Å². The van der Waals surface area contributed by atoms with E-state index in [0.717, 1.165) is 22.5 Å². The Morgan fingerprint density at radius 1 is 0.913 bits per heavy atom. The van der Waals surface area contributed by atoms with Gasteiger partial charge in [-0.25, -0.2) is 4.98 Å². The molecule has 0 amide bonds. The van der Waals surface area contributed by atoms with Gasteiger partial charge in [0.2, 0.25) is 0 Å². The molecule has 0 saturated carbocycles. The normalized spacial score (nSPS) is 11.4. The molecule has 0 unspecified atom stereocenters. The van der Waals surface area contributed by atoms with E-state index in [0.29, 0.717) is 5.92 Å². The van der Waals surface area contributed by atoms with Crippen molar-refractivity contribution in [3.05, 3.63) is 66.4 Å². The van der Waals surface area contributed by atoms with E-state index < -0.39 is 0 Å². The van der Waals surface area contributed by atoms with E-state index in [9.17, 15) is 0 Å². The first-order chi connectivity index (χ1) is 11.2. The topological polar surface area (TPSA) is 40.7 Å². The molecule has 3 nitrogen and oxygen atoms in total. The molecule has 23 heavy (non-hydrogen) atoms. The van der Waals surface area contributed by atoms with Crippen LogP contribution in [0.25, 0.3) is 21.8 Å². The van der Waals surface area contributed by atoms with Crippen molar-refractivity contribution in [3.63, 3.8) is 0 Å². The molecule has 0 bridgehead atoms. The Bertz CT molecular complexity index is 982. The van der Waals surface area contributed by atoms with Crippen LogP contribution in [0.1, 0.15) is 25.3 Å². The van der Waals surface area contributed by atoms with E-state index in [-0.39, 0.29) is 0 Å². The van der Waals surface area contributed by atoms with Crippen molar-refractivity contribution < 1.29 is 0 Å². The summed E-state index contributed by atoms with van der Waals surface area (Å²) >= 11 is 0. The van der Waals surface area contributed by atoms with Crippen LogP contribution in [0, 0.1) is 0 Å². The number of rotatable bonds is 3. The summed E-state index contributed by atoms with van der Waals surface area (Å²) in [4.78, 5) is 7.93. The van der Waals surface area contributed by atoms with Gasteiger partial charge in [-0.3, -0.25) is 0 Å². The van der Waals surface area contributed by atoms with Crippen molar-refractivity contribution in [1.82, 2.24) is 9.97 Å². The van der Waals surface area contributed by atoms with Crippen LogP contribution in [0.5, 0.6) is 0 Å². The summed E-state index contributed by atoms with van der Waals surface area (Å²) in [7, 11) is 0. The van der Waals surface area contributed by atoms with Gasteiger partial charge in [0.05, 0.1) is 5.52 Å². The van der Waals surface area contributed by atoms with Gasteiger partial charge in [-0.15, -0.1) is 0 Å². The summed E-state index contributed by atoms with van der Waals surface area (Å²) in [5.74, 6) is 1.40. The number of hydrogen-bond acceptors (Lipinski definition) is 2. The number of H-pyrrole nitrogens is 1. The van der Waals surface area contributed by atoms with E-state index in [1.807, 2.05) is 12.3 Å². The number of anilines is 2. The van der Waals surface area contributed by atoms with Crippen LogP contribution in [0.3, 0.4) is 0 Å². The fraction of sp³-hybridized carbons (Fsp3) is 0.150. The highest BCUT2D eigenvalue weighted by molar-refractivity contribution is 5.85. The minimum absolute atomic E-state index is 0.533. The number of nitrogens with zero attached hydrogens (tertiary/aromatic N) is 1. The number of aromatic nitrogens is 2. The first kappa shape index (κ1) is 13.8. The lowest BCUT2D eigenvalue weighted by molar-refractivity contribution is 0.868. The van der Waals surface area contributed by atoms with E-state index >= 15 is 0 Å². The van der Waals surface area contributed by atoms with Crippen LogP contribution >= 0.6 is 0 Å². The standard InChI is InChI=1S/C20H19N3/c1-13(2)14-3-6-19-15(11-14)4-8-20(23-19)22-17-5-7-18-16(12-17)9-10-21-18/h3-13,21H,1-2H3,(H,22,23). The van der Waals surface area contributed by atoms with Gasteiger partial charge in [0.25, 0.3) is 0 Å². The summed E-state index contributed by atoms with van der Waals surface area (Å²) in [6, 6.07) is 19.0. The van der Waals surface area contributed by atoms with Crippen LogP contribution in [-0.2, 0) is 0 Å². The Balaban J connectivity index is 1.67. The molecule has 0 fully saturated rings. The lowest BCUT2D eigenvalue weighted by atomic mass is 10.0. The van der Waals surface area contributed by atoms with Crippen LogP contribution < -0.4 is 5.32 Å². The lowest BCUT2D eigenvalue weighted by Gasteiger charge is -2.09. The molecule has 0 aliphatic rings. The Kier molecular flexibility index (Phi) is 3.27. The summed E-state index contributed by atoms with van der Waals surface area (Å²) in [5.41, 5.74) is 4.55. The fourth-order valence-corrected chi connectivity index (χ4v) is 2.85.